The molecule has 0 amide bonds. The average molecular weight is 630 g/mol. The summed E-state index contributed by atoms with van der Waals surface area (Å²) in [5.74, 6) is -3.93. The Labute approximate surface area is 180 Å². The fourth-order valence-corrected chi connectivity index (χ4v) is 4.17. The highest BCUT2D eigenvalue weighted by Crippen LogP contribution is 2.37. The minimum atomic E-state index is -4.08. The van der Waals surface area contributed by atoms with Crippen LogP contribution in [0.5, 0.6) is 11.5 Å². The topological polar surface area (TPSA) is 18.5 Å². The minimum Gasteiger partial charge on any atom is -0.486 e. The first kappa shape index (κ1) is 22.0. The van der Waals surface area contributed by atoms with Gasteiger partial charge in [-0.05, 0) is 68.3 Å². The lowest BCUT2D eigenvalue weighted by atomic mass is 10.2. The Morgan fingerprint density at radius 1 is 0.769 bits per heavy atom. The lowest BCUT2D eigenvalue weighted by Crippen LogP contribution is -2.37. The Morgan fingerprint density at radius 2 is 1.27 bits per heavy atom. The lowest BCUT2D eigenvalue weighted by molar-refractivity contribution is -0.226. The predicted molar refractivity (Wildman–Crippen MR) is 104 cm³/mol. The first-order valence-electron chi connectivity index (χ1n) is 6.95. The zero-order valence-corrected chi connectivity index (χ0v) is 19.1. The van der Waals surface area contributed by atoms with Gasteiger partial charge in [0.25, 0.3) is 5.92 Å². The van der Waals surface area contributed by atoms with Crippen LogP contribution < -0.4 is 9.47 Å². The Balaban J connectivity index is 2.01. The van der Waals surface area contributed by atoms with E-state index < -0.39 is 25.1 Å². The summed E-state index contributed by atoms with van der Waals surface area (Å²) in [4.78, 5) is 0. The van der Waals surface area contributed by atoms with E-state index in [9.17, 15) is 17.6 Å². The fourth-order valence-electron chi connectivity index (χ4n) is 1.88. The largest absolute Gasteiger partial charge is 0.486 e. The van der Waals surface area contributed by atoms with Gasteiger partial charge in [0.15, 0.2) is 6.61 Å². The zero-order valence-electron chi connectivity index (χ0n) is 12.7. The van der Waals surface area contributed by atoms with Crippen LogP contribution in [-0.4, -0.2) is 18.6 Å². The smallest absolute Gasteiger partial charge is 0.403 e. The third kappa shape index (κ3) is 6.69. The molecule has 0 bridgehead atoms. The number of benzene rings is 2. The molecule has 0 heterocycles. The molecule has 2 nitrogen and oxygen atoms in total. The van der Waals surface area contributed by atoms with E-state index in [-0.39, 0.29) is 16.0 Å². The molecule has 0 N–H and O–H groups in total. The molecule has 0 radical (unpaired) electrons. The Hall–Kier alpha value is -0.320. The normalized spacial score (nSPS) is 12.2. The van der Waals surface area contributed by atoms with Crippen LogP contribution in [-0.2, 0) is 0 Å². The van der Waals surface area contributed by atoms with Gasteiger partial charge in [0.1, 0.15) is 17.9 Å². The van der Waals surface area contributed by atoms with E-state index in [0.717, 1.165) is 0 Å². The maximum absolute atomic E-state index is 14.0. The second-order valence-corrected chi connectivity index (χ2v) is 8.75. The van der Waals surface area contributed by atoms with Crippen LogP contribution in [0.25, 0.3) is 0 Å². The molecule has 142 valence electrons. The van der Waals surface area contributed by atoms with Gasteiger partial charge in [0.05, 0.1) is 8.95 Å². The third-order valence-corrected chi connectivity index (χ3v) is 5.18. The maximum atomic E-state index is 14.0. The van der Waals surface area contributed by atoms with E-state index in [1.54, 1.807) is 12.1 Å². The second-order valence-electron chi connectivity index (χ2n) is 5.21. The first-order valence-corrected chi connectivity index (χ1v) is 10.1. The van der Waals surface area contributed by atoms with Gasteiger partial charge in [-0.1, -0.05) is 31.9 Å². The van der Waals surface area contributed by atoms with E-state index in [1.807, 2.05) is 0 Å². The molecule has 2 rings (SSSR count). The van der Waals surface area contributed by atoms with E-state index in [4.69, 9.17) is 4.74 Å². The maximum Gasteiger partial charge on any atom is 0.403 e. The monoisotopic (exact) mass is 626 g/mol. The van der Waals surface area contributed by atoms with Crippen LogP contribution in [0.4, 0.5) is 17.6 Å². The van der Waals surface area contributed by atoms with Gasteiger partial charge >= 0.3 is 6.11 Å². The average Bonchev–Trinajstić information content (AvgIpc) is 2.48. The highest BCUT2D eigenvalue weighted by Gasteiger charge is 2.46. The summed E-state index contributed by atoms with van der Waals surface area (Å²) in [7, 11) is 0. The van der Waals surface area contributed by atoms with Crippen molar-refractivity contribution >= 4 is 63.7 Å². The van der Waals surface area contributed by atoms with Gasteiger partial charge in [0.2, 0.25) is 0 Å². The van der Waals surface area contributed by atoms with Crippen molar-refractivity contribution in [1.29, 1.82) is 0 Å². The molecule has 0 aliphatic heterocycles. The predicted octanol–water partition coefficient (Wildman–Crippen LogP) is 7.81. The van der Waals surface area contributed by atoms with Crippen LogP contribution >= 0.6 is 63.7 Å². The molecule has 0 aromatic heterocycles. The van der Waals surface area contributed by atoms with E-state index >= 15 is 0 Å². The highest BCUT2D eigenvalue weighted by atomic mass is 79.9. The summed E-state index contributed by atoms with van der Waals surface area (Å²) in [6.45, 7) is -1.21. The quantitative estimate of drug-likeness (QED) is 0.291. The molecule has 2 aromatic rings. The first-order chi connectivity index (χ1) is 12.0. The van der Waals surface area contributed by atoms with Crippen LogP contribution in [0.3, 0.4) is 0 Å². The summed E-state index contributed by atoms with van der Waals surface area (Å²) in [6.07, 6.45) is -5.91. The SMILES string of the molecule is FC(F)(COc1ccc(Br)cc1Br)CC(F)(F)Oc1ccc(Br)cc1Br. The van der Waals surface area contributed by atoms with Crippen molar-refractivity contribution in [3.05, 3.63) is 54.3 Å². The van der Waals surface area contributed by atoms with E-state index in [0.29, 0.717) is 13.4 Å². The molecule has 26 heavy (non-hydrogen) atoms. The second kappa shape index (κ2) is 8.79. The molecule has 0 spiro atoms. The van der Waals surface area contributed by atoms with E-state index in [1.165, 1.54) is 24.3 Å². The molecule has 2 aromatic carbocycles. The molecule has 0 atom stereocenters. The molecule has 0 aliphatic carbocycles. The summed E-state index contributed by atoms with van der Waals surface area (Å²) >= 11 is 12.6. The standard InChI is InChI=1S/C16H10Br4F4O2/c17-9-1-3-13(11(19)5-9)25-8-15(21,22)7-16(23,24)26-14-4-2-10(18)6-12(14)20/h1-6H,7-8H2. The van der Waals surface area contributed by atoms with Crippen molar-refractivity contribution < 1.29 is 27.0 Å². The van der Waals surface area contributed by atoms with Crippen LogP contribution in [0.15, 0.2) is 54.3 Å². The van der Waals surface area contributed by atoms with Gasteiger partial charge in [-0.25, -0.2) is 8.78 Å². The van der Waals surface area contributed by atoms with Gasteiger partial charge < -0.3 is 9.47 Å². The Kier molecular flexibility index (Phi) is 7.43. The zero-order chi connectivity index (χ0) is 19.5. The number of halogens is 8. The summed E-state index contributed by atoms with van der Waals surface area (Å²) in [5, 5.41) is 0. The third-order valence-electron chi connectivity index (χ3n) is 2.95. The molecule has 0 saturated heterocycles. The van der Waals surface area contributed by atoms with Gasteiger partial charge in [0, 0.05) is 8.95 Å². The molecule has 0 unspecified atom stereocenters. The Bertz CT molecular complexity index is 787. The summed E-state index contributed by atoms with van der Waals surface area (Å²) in [6, 6.07) is 8.80. The van der Waals surface area contributed by atoms with Gasteiger partial charge in [-0.2, -0.15) is 8.78 Å². The molecule has 0 saturated carbocycles. The van der Waals surface area contributed by atoms with Crippen molar-refractivity contribution in [1.82, 2.24) is 0 Å². The lowest BCUT2D eigenvalue weighted by Gasteiger charge is -2.24. The number of alkyl halides is 4. The molecule has 10 heteroatoms. The molecular formula is C16H10Br4F4O2. The number of ether oxygens (including phenoxy) is 2. The molecule has 0 aliphatic rings. The minimum absolute atomic E-state index is 0.118. The van der Waals surface area contributed by atoms with Crippen LogP contribution in [0.1, 0.15) is 6.42 Å². The number of rotatable bonds is 7. The van der Waals surface area contributed by atoms with Crippen molar-refractivity contribution in [3.63, 3.8) is 0 Å². The van der Waals surface area contributed by atoms with Crippen molar-refractivity contribution in [2.24, 2.45) is 0 Å². The van der Waals surface area contributed by atoms with Gasteiger partial charge in [-0.15, -0.1) is 0 Å². The Morgan fingerprint density at radius 3 is 1.77 bits per heavy atom. The fraction of sp³-hybridized carbons (Fsp3) is 0.250. The number of hydrogen-bond acceptors (Lipinski definition) is 2. The molecule has 0 fully saturated rings. The van der Waals surface area contributed by atoms with Crippen LogP contribution in [0.2, 0.25) is 0 Å². The number of hydrogen-bond donors (Lipinski definition) is 0. The van der Waals surface area contributed by atoms with Crippen molar-refractivity contribution in [2.45, 2.75) is 18.5 Å². The van der Waals surface area contributed by atoms with Crippen LogP contribution in [0, 0.1) is 0 Å². The van der Waals surface area contributed by atoms with Crippen molar-refractivity contribution in [3.8, 4) is 11.5 Å². The van der Waals surface area contributed by atoms with E-state index in [2.05, 4.69) is 68.5 Å². The highest BCUT2D eigenvalue weighted by molar-refractivity contribution is 9.11. The van der Waals surface area contributed by atoms with Crippen molar-refractivity contribution in [2.75, 3.05) is 6.61 Å². The summed E-state index contributed by atoms with van der Waals surface area (Å²) < 4.78 is 67.2. The summed E-state index contributed by atoms with van der Waals surface area (Å²) in [5.41, 5.74) is 0. The van der Waals surface area contributed by atoms with Gasteiger partial charge in [-0.3, -0.25) is 0 Å². The molecular weight excluding hydrogens is 620 g/mol.